The van der Waals surface area contributed by atoms with Gasteiger partial charge in [0.2, 0.25) is 0 Å². The molecule has 162 valence electrons. The van der Waals surface area contributed by atoms with Crippen LogP contribution in [0.15, 0.2) is 78.9 Å². The number of benzene rings is 3. The molecule has 0 aliphatic rings. The summed E-state index contributed by atoms with van der Waals surface area (Å²) >= 11 is 0. The summed E-state index contributed by atoms with van der Waals surface area (Å²) in [4.78, 5) is 29.9. The molecule has 31 heavy (non-hydrogen) atoms. The zero-order valence-electron chi connectivity index (χ0n) is 17.0. The van der Waals surface area contributed by atoms with Crippen molar-refractivity contribution in [3.05, 3.63) is 106 Å². The first kappa shape index (κ1) is 25.0. The van der Waals surface area contributed by atoms with E-state index in [0.29, 0.717) is 18.4 Å². The highest BCUT2D eigenvalue weighted by Gasteiger charge is 2.02. The molecule has 0 fully saturated rings. The molecule has 0 aromatic heterocycles. The number of para-hydroxylation sites is 1. The number of methoxy groups -OCH3 is 1. The van der Waals surface area contributed by atoms with Crippen LogP contribution >= 0.6 is 0 Å². The van der Waals surface area contributed by atoms with Crippen molar-refractivity contribution in [2.24, 2.45) is 5.73 Å². The average Bonchev–Trinajstić information content (AvgIpc) is 2.80. The van der Waals surface area contributed by atoms with Crippen LogP contribution in [0, 0.1) is 10.1 Å². The van der Waals surface area contributed by atoms with Crippen molar-refractivity contribution in [2.45, 2.75) is 13.0 Å². The number of nitrogens with two attached hydrogens (primary N) is 1. The number of carboxylic acids is 1. The molecule has 3 aromatic rings. The van der Waals surface area contributed by atoms with Gasteiger partial charge in [-0.05, 0) is 23.8 Å². The lowest BCUT2D eigenvalue weighted by Gasteiger charge is -2.03. The first-order valence-electron chi connectivity index (χ1n) is 9.18. The summed E-state index contributed by atoms with van der Waals surface area (Å²) in [7, 11) is 1.65. The van der Waals surface area contributed by atoms with Crippen LogP contribution in [-0.2, 0) is 17.8 Å². The summed E-state index contributed by atoms with van der Waals surface area (Å²) in [5.41, 5.74) is 7.77. The Balaban J connectivity index is 0.000000233. The third-order valence-electron chi connectivity index (χ3n) is 3.85. The van der Waals surface area contributed by atoms with Crippen molar-refractivity contribution >= 4 is 17.9 Å². The maximum atomic E-state index is 10.2. The van der Waals surface area contributed by atoms with E-state index in [-0.39, 0.29) is 12.1 Å². The van der Waals surface area contributed by atoms with Gasteiger partial charge in [-0.15, -0.1) is 0 Å². The summed E-state index contributed by atoms with van der Waals surface area (Å²) in [6, 6.07) is 22.3. The minimum absolute atomic E-state index is 0.00407. The Bertz CT molecular complexity index is 936. The minimum Gasteiger partial charge on any atom is -0.496 e. The zero-order valence-corrected chi connectivity index (χ0v) is 17.0. The van der Waals surface area contributed by atoms with E-state index in [0.717, 1.165) is 16.9 Å². The maximum absolute atomic E-state index is 10.2. The van der Waals surface area contributed by atoms with Crippen molar-refractivity contribution in [3.63, 3.8) is 0 Å². The van der Waals surface area contributed by atoms with E-state index < -0.39 is 10.9 Å². The number of nitrogens with zero attached hydrogens (tertiary/aromatic N) is 1. The van der Waals surface area contributed by atoms with Gasteiger partial charge in [0.15, 0.2) is 0 Å². The molecule has 0 aliphatic heterocycles. The van der Waals surface area contributed by atoms with Gasteiger partial charge < -0.3 is 15.6 Å². The fourth-order valence-electron chi connectivity index (χ4n) is 2.32. The van der Waals surface area contributed by atoms with Crippen LogP contribution < -0.4 is 10.5 Å². The largest absolute Gasteiger partial charge is 0.496 e. The van der Waals surface area contributed by atoms with Crippen molar-refractivity contribution < 1.29 is 24.4 Å². The number of nitro groups is 1. The number of non-ortho nitro benzene ring substituents is 1. The van der Waals surface area contributed by atoms with E-state index in [1.54, 1.807) is 19.2 Å². The van der Waals surface area contributed by atoms with Crippen LogP contribution in [0.2, 0.25) is 0 Å². The number of carbonyl (C=O) groups is 2. The van der Waals surface area contributed by atoms with Gasteiger partial charge in [-0.1, -0.05) is 48.5 Å². The fraction of sp³-hybridized carbons (Fsp3) is 0.130. The number of aliphatic carboxylic acids is 1. The van der Waals surface area contributed by atoms with Crippen molar-refractivity contribution in [1.29, 1.82) is 0 Å². The van der Waals surface area contributed by atoms with E-state index >= 15 is 0 Å². The number of ether oxygens (including phenoxy) is 1. The summed E-state index contributed by atoms with van der Waals surface area (Å²) in [6.07, 6.45) is 0.755. The Morgan fingerprint density at radius 1 is 1.03 bits per heavy atom. The van der Waals surface area contributed by atoms with Gasteiger partial charge in [0, 0.05) is 29.8 Å². The van der Waals surface area contributed by atoms with E-state index in [9.17, 15) is 19.7 Å². The Labute approximate surface area is 180 Å². The van der Waals surface area contributed by atoms with Gasteiger partial charge in [-0.2, -0.15) is 0 Å². The van der Waals surface area contributed by atoms with Crippen LogP contribution in [0.4, 0.5) is 5.69 Å². The second kappa shape index (κ2) is 14.0. The number of hydrogen-bond donors (Lipinski definition) is 2. The van der Waals surface area contributed by atoms with Crippen LogP contribution in [0.5, 0.6) is 5.75 Å². The monoisotopic (exact) mass is 424 g/mol. The molecule has 0 spiro atoms. The SMILES string of the molecule is COc1ccccc1CN.O=C(O)Cc1ccccc1.O=Cc1ccc([N+](=O)[O-])cc1. The first-order valence-corrected chi connectivity index (χ1v) is 9.18. The Morgan fingerprint density at radius 2 is 1.61 bits per heavy atom. The van der Waals surface area contributed by atoms with Gasteiger partial charge in [0.1, 0.15) is 12.0 Å². The zero-order chi connectivity index (χ0) is 23.1. The molecule has 8 nitrogen and oxygen atoms in total. The standard InChI is InChI=1S/C8H11NO.C8H8O2.C7H5NO3/c1-10-8-5-3-2-4-7(8)6-9;9-8(10)6-7-4-2-1-3-5-7;9-5-6-1-3-7(4-2-6)8(10)11/h2-5H,6,9H2,1H3;1-5H,6H2,(H,9,10);1-5H. The van der Waals surface area contributed by atoms with Crippen LogP contribution in [0.1, 0.15) is 21.5 Å². The van der Waals surface area contributed by atoms with E-state index in [1.165, 1.54) is 24.3 Å². The highest BCUT2D eigenvalue weighted by molar-refractivity contribution is 5.75. The Morgan fingerprint density at radius 3 is 2.06 bits per heavy atom. The predicted octanol–water partition coefficient (Wildman–Crippen LogP) is 3.87. The molecular weight excluding hydrogens is 400 g/mol. The lowest BCUT2D eigenvalue weighted by Crippen LogP contribution is -1.98. The Kier molecular flexibility index (Phi) is 11.3. The van der Waals surface area contributed by atoms with Crippen molar-refractivity contribution in [3.8, 4) is 5.75 Å². The average molecular weight is 424 g/mol. The first-order chi connectivity index (χ1) is 14.9. The van der Waals surface area contributed by atoms with Gasteiger partial charge in [-0.25, -0.2) is 0 Å². The summed E-state index contributed by atoms with van der Waals surface area (Å²) in [6.45, 7) is 0.532. The van der Waals surface area contributed by atoms with E-state index in [1.807, 2.05) is 42.5 Å². The Hall–Kier alpha value is -4.04. The van der Waals surface area contributed by atoms with Gasteiger partial charge >= 0.3 is 5.97 Å². The lowest BCUT2D eigenvalue weighted by atomic mass is 10.2. The molecule has 3 aromatic carbocycles. The number of carboxylic acid groups (broad SMARTS) is 1. The van der Waals surface area contributed by atoms with Crippen molar-refractivity contribution in [2.75, 3.05) is 7.11 Å². The number of hydrogen-bond acceptors (Lipinski definition) is 6. The quantitative estimate of drug-likeness (QED) is 0.348. The minimum atomic E-state index is -0.786. The number of carbonyl (C=O) groups excluding carboxylic acids is 1. The van der Waals surface area contributed by atoms with Crippen molar-refractivity contribution in [1.82, 2.24) is 0 Å². The normalized spacial score (nSPS) is 9.23. The fourth-order valence-corrected chi connectivity index (χ4v) is 2.32. The lowest BCUT2D eigenvalue weighted by molar-refractivity contribution is -0.384. The molecule has 0 heterocycles. The van der Waals surface area contributed by atoms with Gasteiger partial charge in [0.05, 0.1) is 18.5 Å². The predicted molar refractivity (Wildman–Crippen MR) is 117 cm³/mol. The topological polar surface area (TPSA) is 133 Å². The van der Waals surface area contributed by atoms with Gasteiger partial charge in [-0.3, -0.25) is 19.7 Å². The molecule has 0 atom stereocenters. The highest BCUT2D eigenvalue weighted by Crippen LogP contribution is 2.15. The second-order valence-corrected chi connectivity index (χ2v) is 6.04. The van der Waals surface area contributed by atoms with Gasteiger partial charge in [0.25, 0.3) is 5.69 Å². The molecule has 0 radical (unpaired) electrons. The van der Waals surface area contributed by atoms with E-state index in [2.05, 4.69) is 0 Å². The van der Waals surface area contributed by atoms with Crippen LogP contribution in [-0.4, -0.2) is 29.4 Å². The molecular formula is C23H24N2O6. The van der Waals surface area contributed by atoms with E-state index in [4.69, 9.17) is 15.6 Å². The molecule has 0 saturated heterocycles. The van der Waals surface area contributed by atoms with Crippen LogP contribution in [0.3, 0.4) is 0 Å². The summed E-state index contributed by atoms with van der Waals surface area (Å²) in [5.74, 6) is 0.0798. The maximum Gasteiger partial charge on any atom is 0.307 e. The third kappa shape index (κ3) is 9.82. The molecule has 0 amide bonds. The highest BCUT2D eigenvalue weighted by atomic mass is 16.6. The molecule has 8 heteroatoms. The molecule has 0 saturated carbocycles. The summed E-state index contributed by atoms with van der Waals surface area (Å²) in [5, 5.41) is 18.5. The molecule has 0 unspecified atom stereocenters. The summed E-state index contributed by atoms with van der Waals surface area (Å²) < 4.78 is 5.06. The number of rotatable bonds is 6. The molecule has 0 aliphatic carbocycles. The number of aldehydes is 1. The third-order valence-corrected chi connectivity index (χ3v) is 3.85. The second-order valence-electron chi connectivity index (χ2n) is 6.04. The molecule has 0 bridgehead atoms. The smallest absolute Gasteiger partial charge is 0.307 e. The molecule has 3 N–H and O–H groups in total. The number of nitro benzene ring substituents is 1. The molecule has 3 rings (SSSR count). The van der Waals surface area contributed by atoms with Crippen LogP contribution in [0.25, 0.3) is 0 Å².